The Labute approximate surface area is 114 Å². The minimum Gasteiger partial charge on any atom is -0.481 e. The topological polar surface area (TPSA) is 78.9 Å². The summed E-state index contributed by atoms with van der Waals surface area (Å²) in [4.78, 5) is 24.6. The lowest BCUT2D eigenvalue weighted by molar-refractivity contribution is -0.139. The predicted molar refractivity (Wildman–Crippen MR) is 71.0 cm³/mol. The third-order valence-corrected chi connectivity index (χ3v) is 3.54. The zero-order chi connectivity index (χ0) is 14.6. The van der Waals surface area contributed by atoms with E-state index >= 15 is 0 Å². The molecule has 1 heterocycles. The summed E-state index contributed by atoms with van der Waals surface area (Å²) in [6.45, 7) is 9.26. The van der Waals surface area contributed by atoms with Gasteiger partial charge in [0.1, 0.15) is 0 Å². The molecule has 2 N–H and O–H groups in total. The van der Waals surface area contributed by atoms with Crippen molar-refractivity contribution in [1.82, 2.24) is 10.2 Å². The Bertz CT molecular complexity index is 338. The molecule has 0 aliphatic carbocycles. The minimum absolute atomic E-state index is 0.00771. The Morgan fingerprint density at radius 3 is 2.63 bits per heavy atom. The maximum Gasteiger partial charge on any atom is 0.318 e. The number of nitrogens with zero attached hydrogens (tertiary/aromatic N) is 1. The molecule has 0 spiro atoms. The monoisotopic (exact) mass is 272 g/mol. The molecule has 0 radical (unpaired) electrons. The molecule has 2 unspecified atom stereocenters. The number of carbonyl (C=O) groups is 2. The number of carboxylic acid groups (broad SMARTS) is 1. The van der Waals surface area contributed by atoms with Crippen LogP contribution in [0, 0.1) is 5.41 Å². The lowest BCUT2D eigenvalue weighted by atomic mass is 9.88. The fraction of sp³-hybridized carbons (Fsp3) is 0.846. The molecule has 6 heteroatoms. The zero-order valence-corrected chi connectivity index (χ0v) is 12.1. The van der Waals surface area contributed by atoms with Crippen molar-refractivity contribution >= 4 is 12.0 Å². The first kappa shape index (κ1) is 15.8. The van der Waals surface area contributed by atoms with Crippen LogP contribution in [0.2, 0.25) is 0 Å². The van der Waals surface area contributed by atoms with Gasteiger partial charge in [0.15, 0.2) is 0 Å². The van der Waals surface area contributed by atoms with E-state index in [1.54, 1.807) is 4.90 Å². The van der Waals surface area contributed by atoms with Crippen molar-refractivity contribution in [3.05, 3.63) is 0 Å². The summed E-state index contributed by atoms with van der Waals surface area (Å²) in [5, 5.41) is 11.8. The number of nitrogens with one attached hydrogen (secondary N) is 1. The molecular formula is C13H24N2O4. The zero-order valence-electron chi connectivity index (χ0n) is 12.1. The summed E-state index contributed by atoms with van der Waals surface area (Å²) in [6, 6.07) is -0.594. The van der Waals surface area contributed by atoms with Crippen molar-refractivity contribution in [2.45, 2.75) is 46.2 Å². The highest BCUT2D eigenvalue weighted by Gasteiger charge is 2.31. The van der Waals surface area contributed by atoms with Crippen molar-refractivity contribution in [3.63, 3.8) is 0 Å². The summed E-state index contributed by atoms with van der Waals surface area (Å²) < 4.78 is 5.25. The molecule has 0 aromatic carbocycles. The van der Waals surface area contributed by atoms with Crippen molar-refractivity contribution in [1.29, 1.82) is 0 Å². The normalized spacial score (nSPS) is 21.9. The maximum atomic E-state index is 12.2. The van der Waals surface area contributed by atoms with Crippen LogP contribution in [0.1, 0.15) is 34.1 Å². The van der Waals surface area contributed by atoms with Gasteiger partial charge in [-0.25, -0.2) is 4.79 Å². The van der Waals surface area contributed by atoms with E-state index in [4.69, 9.17) is 9.84 Å². The molecule has 0 saturated carbocycles. The van der Waals surface area contributed by atoms with Gasteiger partial charge in [-0.1, -0.05) is 20.8 Å². The number of morpholine rings is 1. The van der Waals surface area contributed by atoms with E-state index in [1.165, 1.54) is 0 Å². The number of urea groups is 1. The van der Waals surface area contributed by atoms with Gasteiger partial charge in [0.05, 0.1) is 25.7 Å². The number of aliphatic carboxylic acids is 1. The minimum atomic E-state index is -0.919. The van der Waals surface area contributed by atoms with Crippen LogP contribution < -0.4 is 5.32 Å². The molecule has 1 rings (SSSR count). The van der Waals surface area contributed by atoms with Gasteiger partial charge in [0.25, 0.3) is 0 Å². The number of hydrogen-bond acceptors (Lipinski definition) is 3. The third-order valence-electron chi connectivity index (χ3n) is 3.54. The van der Waals surface area contributed by atoms with Crippen molar-refractivity contribution in [3.8, 4) is 0 Å². The first-order valence-electron chi connectivity index (χ1n) is 6.58. The number of ether oxygens (including phenoxy) is 1. The largest absolute Gasteiger partial charge is 0.481 e. The number of carbonyl (C=O) groups excluding carboxylic acids is 1. The molecule has 1 aliphatic heterocycles. The summed E-state index contributed by atoms with van der Waals surface area (Å²) in [5.41, 5.74) is -0.0375. The van der Waals surface area contributed by atoms with E-state index in [0.717, 1.165) is 0 Å². The van der Waals surface area contributed by atoms with E-state index in [2.05, 4.69) is 5.32 Å². The van der Waals surface area contributed by atoms with Gasteiger partial charge in [-0.15, -0.1) is 0 Å². The molecule has 0 aromatic heterocycles. The standard InChI is InChI=1S/C13H24N2O4/c1-9(13(2,3)4)14-12(18)15-5-6-19-8-10(15)7-11(16)17/h9-10H,5-8H2,1-4H3,(H,14,18)(H,16,17). The van der Waals surface area contributed by atoms with Crippen LogP contribution in [0.25, 0.3) is 0 Å². The molecular weight excluding hydrogens is 248 g/mol. The Kier molecular flexibility index (Phi) is 5.17. The van der Waals surface area contributed by atoms with E-state index in [1.807, 2.05) is 27.7 Å². The Morgan fingerprint density at radius 2 is 2.11 bits per heavy atom. The number of hydrogen-bond donors (Lipinski definition) is 2. The molecule has 0 aromatic rings. The quantitative estimate of drug-likeness (QED) is 0.812. The van der Waals surface area contributed by atoms with Gasteiger partial charge in [-0.2, -0.15) is 0 Å². The smallest absolute Gasteiger partial charge is 0.318 e. The first-order valence-corrected chi connectivity index (χ1v) is 6.58. The Balaban J connectivity index is 2.64. The second-order valence-electron chi connectivity index (χ2n) is 6.06. The van der Waals surface area contributed by atoms with E-state index in [-0.39, 0.29) is 30.5 Å². The van der Waals surface area contributed by atoms with Gasteiger partial charge in [-0.05, 0) is 12.3 Å². The van der Waals surface area contributed by atoms with Crippen LogP contribution in [0.15, 0.2) is 0 Å². The number of carboxylic acids is 1. The molecule has 0 bridgehead atoms. The van der Waals surface area contributed by atoms with E-state index in [0.29, 0.717) is 13.2 Å². The first-order chi connectivity index (χ1) is 8.71. The number of amides is 2. The van der Waals surface area contributed by atoms with Crippen LogP contribution in [0.4, 0.5) is 4.79 Å². The van der Waals surface area contributed by atoms with Gasteiger partial charge < -0.3 is 20.1 Å². The second kappa shape index (κ2) is 6.23. The lowest BCUT2D eigenvalue weighted by Gasteiger charge is -2.37. The molecule has 2 amide bonds. The number of rotatable bonds is 3. The maximum absolute atomic E-state index is 12.2. The van der Waals surface area contributed by atoms with Crippen molar-refractivity contribution in [2.75, 3.05) is 19.8 Å². The van der Waals surface area contributed by atoms with Crippen LogP contribution in [0.3, 0.4) is 0 Å². The second-order valence-corrected chi connectivity index (χ2v) is 6.06. The van der Waals surface area contributed by atoms with Gasteiger partial charge in [-0.3, -0.25) is 4.79 Å². The molecule has 19 heavy (non-hydrogen) atoms. The average molecular weight is 272 g/mol. The lowest BCUT2D eigenvalue weighted by Crippen LogP contribution is -2.56. The van der Waals surface area contributed by atoms with E-state index in [9.17, 15) is 9.59 Å². The highest BCUT2D eigenvalue weighted by atomic mass is 16.5. The van der Waals surface area contributed by atoms with Crippen LogP contribution in [-0.2, 0) is 9.53 Å². The fourth-order valence-corrected chi connectivity index (χ4v) is 1.78. The van der Waals surface area contributed by atoms with Gasteiger partial charge >= 0.3 is 12.0 Å². The fourth-order valence-electron chi connectivity index (χ4n) is 1.78. The van der Waals surface area contributed by atoms with Crippen molar-refractivity contribution < 1.29 is 19.4 Å². The molecule has 2 atom stereocenters. The molecule has 1 saturated heterocycles. The van der Waals surface area contributed by atoms with Crippen LogP contribution in [-0.4, -0.2) is 53.8 Å². The molecule has 1 fully saturated rings. The van der Waals surface area contributed by atoms with Gasteiger partial charge in [0, 0.05) is 12.6 Å². The molecule has 6 nitrogen and oxygen atoms in total. The van der Waals surface area contributed by atoms with Crippen LogP contribution >= 0.6 is 0 Å². The molecule has 1 aliphatic rings. The Hall–Kier alpha value is -1.30. The van der Waals surface area contributed by atoms with Gasteiger partial charge in [0.2, 0.25) is 0 Å². The summed E-state index contributed by atoms with van der Waals surface area (Å²) in [5.74, 6) is -0.919. The highest BCUT2D eigenvalue weighted by Crippen LogP contribution is 2.19. The Morgan fingerprint density at radius 1 is 1.47 bits per heavy atom. The molecule has 110 valence electrons. The summed E-state index contributed by atoms with van der Waals surface area (Å²) in [6.07, 6.45) is -0.0860. The van der Waals surface area contributed by atoms with Crippen LogP contribution in [0.5, 0.6) is 0 Å². The van der Waals surface area contributed by atoms with Crippen molar-refractivity contribution in [2.24, 2.45) is 5.41 Å². The summed E-state index contributed by atoms with van der Waals surface area (Å²) in [7, 11) is 0. The predicted octanol–water partition coefficient (Wildman–Crippen LogP) is 1.31. The summed E-state index contributed by atoms with van der Waals surface area (Å²) >= 11 is 0. The SMILES string of the molecule is CC(NC(=O)N1CCOCC1CC(=O)O)C(C)(C)C. The van der Waals surface area contributed by atoms with E-state index < -0.39 is 12.0 Å². The third kappa shape index (κ3) is 4.70. The highest BCUT2D eigenvalue weighted by molar-refractivity contribution is 5.76. The average Bonchev–Trinajstić information content (AvgIpc) is 2.27.